The summed E-state index contributed by atoms with van der Waals surface area (Å²) >= 11 is -1.25. The minimum Gasteiger partial charge on any atom is -0.612 e. The van der Waals surface area contributed by atoms with Crippen molar-refractivity contribution < 1.29 is 18.5 Å². The van der Waals surface area contributed by atoms with Gasteiger partial charge >= 0.3 is 6.03 Å². The van der Waals surface area contributed by atoms with Crippen LogP contribution in [0, 0.1) is 5.82 Å². The van der Waals surface area contributed by atoms with Crippen LogP contribution < -0.4 is 10.6 Å². The second-order valence-corrected chi connectivity index (χ2v) is 6.89. The van der Waals surface area contributed by atoms with Crippen LogP contribution in [0.4, 0.5) is 9.18 Å². The van der Waals surface area contributed by atoms with Crippen molar-refractivity contribution in [3.8, 4) is 11.1 Å². The zero-order chi connectivity index (χ0) is 16.4. The second kappa shape index (κ2) is 4.56. The standard InChI is InChI=1S/C16H11FN2O3S/c1-23(22)9-3-5-11-10-4-2-8(17)6-12(10)16(13(11)7-9)14(20)18-15(21)19-16/h2-7H,1H3,(H2,18,19,20,21). The first-order valence-corrected chi connectivity index (χ1v) is 8.41. The maximum Gasteiger partial charge on any atom is 0.322 e. The van der Waals surface area contributed by atoms with E-state index >= 15 is 0 Å². The van der Waals surface area contributed by atoms with Gasteiger partial charge in [-0.3, -0.25) is 10.1 Å². The summed E-state index contributed by atoms with van der Waals surface area (Å²) in [6, 6.07) is 8.59. The van der Waals surface area contributed by atoms with Crippen molar-refractivity contribution in [2.75, 3.05) is 6.26 Å². The van der Waals surface area contributed by atoms with Gasteiger partial charge in [0.2, 0.25) is 0 Å². The molecule has 1 aliphatic heterocycles. The first kappa shape index (κ1) is 14.2. The monoisotopic (exact) mass is 330 g/mol. The van der Waals surface area contributed by atoms with Crippen LogP contribution in [0.15, 0.2) is 41.3 Å². The van der Waals surface area contributed by atoms with Crippen LogP contribution in [0.2, 0.25) is 0 Å². The van der Waals surface area contributed by atoms with Gasteiger partial charge in [-0.2, -0.15) is 0 Å². The van der Waals surface area contributed by atoms with E-state index in [1.807, 2.05) is 0 Å². The quantitative estimate of drug-likeness (QED) is 0.616. The van der Waals surface area contributed by atoms with Gasteiger partial charge in [0.25, 0.3) is 5.91 Å². The third kappa shape index (κ3) is 1.77. The fourth-order valence-corrected chi connectivity index (χ4v) is 3.83. The Hall–Kier alpha value is -2.38. The topological polar surface area (TPSA) is 81.3 Å². The Labute approximate surface area is 134 Å². The van der Waals surface area contributed by atoms with Crippen molar-refractivity contribution in [2.45, 2.75) is 10.4 Å². The van der Waals surface area contributed by atoms with Crippen molar-refractivity contribution in [1.29, 1.82) is 0 Å². The molecule has 0 radical (unpaired) electrons. The molecular formula is C16H11FN2O3S. The highest BCUT2D eigenvalue weighted by molar-refractivity contribution is 7.90. The van der Waals surface area contributed by atoms with Crippen LogP contribution in [-0.4, -0.2) is 22.7 Å². The molecule has 2 aliphatic rings. The van der Waals surface area contributed by atoms with Crippen LogP contribution in [0.1, 0.15) is 11.1 Å². The molecule has 1 aliphatic carbocycles. The van der Waals surface area contributed by atoms with Gasteiger partial charge in [-0.25, -0.2) is 9.18 Å². The normalized spacial score (nSPS) is 22.6. The molecule has 116 valence electrons. The molecule has 2 aromatic rings. The molecule has 2 atom stereocenters. The van der Waals surface area contributed by atoms with Gasteiger partial charge in [0.15, 0.2) is 10.4 Å². The third-order valence-electron chi connectivity index (χ3n) is 4.27. The predicted molar refractivity (Wildman–Crippen MR) is 81.6 cm³/mol. The predicted octanol–water partition coefficient (Wildman–Crippen LogP) is 1.63. The number of imide groups is 1. The highest BCUT2D eigenvalue weighted by Gasteiger charge is 2.55. The number of hydrogen-bond donors (Lipinski definition) is 2. The first-order chi connectivity index (χ1) is 10.9. The number of benzene rings is 2. The number of urea groups is 1. The molecule has 1 heterocycles. The van der Waals surface area contributed by atoms with Gasteiger partial charge in [-0.05, 0) is 46.6 Å². The SMILES string of the molecule is C[S+]([O-])c1ccc2c(c1)C1(NC(=O)NC1=O)c1cc(F)ccc1-2. The average molecular weight is 330 g/mol. The van der Waals surface area contributed by atoms with Crippen molar-refractivity contribution in [2.24, 2.45) is 0 Å². The second-order valence-electron chi connectivity index (χ2n) is 5.51. The summed E-state index contributed by atoms with van der Waals surface area (Å²) in [4.78, 5) is 24.8. The lowest BCUT2D eigenvalue weighted by molar-refractivity contribution is -0.122. The summed E-state index contributed by atoms with van der Waals surface area (Å²) in [6.45, 7) is 0. The number of fused-ring (bicyclic) bond motifs is 5. The zero-order valence-corrected chi connectivity index (χ0v) is 12.8. The Morgan fingerprint density at radius 3 is 2.35 bits per heavy atom. The van der Waals surface area contributed by atoms with Crippen LogP contribution in [0.25, 0.3) is 11.1 Å². The molecule has 0 saturated carbocycles. The summed E-state index contributed by atoms with van der Waals surface area (Å²) in [5.74, 6) is -1.06. The molecule has 0 bridgehead atoms. The van der Waals surface area contributed by atoms with Crippen molar-refractivity contribution >= 4 is 23.1 Å². The summed E-state index contributed by atoms with van der Waals surface area (Å²) in [6.07, 6.45) is 1.53. The van der Waals surface area contributed by atoms with E-state index in [9.17, 15) is 18.5 Å². The summed E-state index contributed by atoms with van der Waals surface area (Å²) < 4.78 is 25.5. The maximum absolute atomic E-state index is 13.8. The maximum atomic E-state index is 13.8. The molecule has 23 heavy (non-hydrogen) atoms. The molecule has 2 aromatic carbocycles. The Bertz CT molecular complexity index is 884. The molecule has 4 rings (SSSR count). The van der Waals surface area contributed by atoms with E-state index < -0.39 is 34.5 Å². The smallest absolute Gasteiger partial charge is 0.322 e. The highest BCUT2D eigenvalue weighted by Crippen LogP contribution is 2.49. The average Bonchev–Trinajstić information content (AvgIpc) is 2.95. The fraction of sp³-hybridized carbons (Fsp3) is 0.125. The van der Waals surface area contributed by atoms with Gasteiger partial charge in [-0.1, -0.05) is 6.07 Å². The number of carbonyl (C=O) groups is 2. The van der Waals surface area contributed by atoms with Crippen LogP contribution in [-0.2, 0) is 21.5 Å². The molecular weight excluding hydrogens is 319 g/mol. The summed E-state index contributed by atoms with van der Waals surface area (Å²) in [7, 11) is 0. The Morgan fingerprint density at radius 2 is 1.74 bits per heavy atom. The lowest BCUT2D eigenvalue weighted by Gasteiger charge is -2.23. The molecule has 5 nitrogen and oxygen atoms in total. The largest absolute Gasteiger partial charge is 0.612 e. The number of nitrogens with one attached hydrogen (secondary N) is 2. The van der Waals surface area contributed by atoms with Crippen LogP contribution >= 0.6 is 0 Å². The zero-order valence-electron chi connectivity index (χ0n) is 12.0. The van der Waals surface area contributed by atoms with Gasteiger partial charge < -0.3 is 9.87 Å². The van der Waals surface area contributed by atoms with E-state index in [-0.39, 0.29) is 0 Å². The molecule has 2 N–H and O–H groups in total. The van der Waals surface area contributed by atoms with Gasteiger partial charge in [-0.15, -0.1) is 0 Å². The van der Waals surface area contributed by atoms with E-state index in [0.29, 0.717) is 27.1 Å². The lowest BCUT2D eigenvalue weighted by Crippen LogP contribution is -2.43. The number of rotatable bonds is 1. The van der Waals surface area contributed by atoms with Crippen LogP contribution in [0.5, 0.6) is 0 Å². The number of carbonyl (C=O) groups excluding carboxylic acids is 2. The summed E-state index contributed by atoms with van der Waals surface area (Å²) in [5, 5.41) is 4.83. The molecule has 1 saturated heterocycles. The summed E-state index contributed by atoms with van der Waals surface area (Å²) in [5.41, 5.74) is 0.807. The van der Waals surface area contributed by atoms with E-state index in [1.54, 1.807) is 24.3 Å². The molecule has 3 amide bonds. The van der Waals surface area contributed by atoms with Crippen molar-refractivity contribution in [3.63, 3.8) is 0 Å². The minimum atomic E-state index is -1.47. The molecule has 1 spiro atoms. The Balaban J connectivity index is 2.07. The van der Waals surface area contributed by atoms with Gasteiger partial charge in [0.05, 0.1) is 0 Å². The fourth-order valence-electron chi connectivity index (χ4n) is 3.29. The molecule has 0 aromatic heterocycles. The molecule has 7 heteroatoms. The number of halogens is 1. The molecule has 1 fully saturated rings. The van der Waals surface area contributed by atoms with Gasteiger partial charge in [0.1, 0.15) is 12.1 Å². The van der Waals surface area contributed by atoms with E-state index in [0.717, 1.165) is 0 Å². The Kier molecular flexibility index (Phi) is 2.82. The lowest BCUT2D eigenvalue weighted by atomic mass is 9.87. The van der Waals surface area contributed by atoms with Crippen molar-refractivity contribution in [3.05, 3.63) is 53.3 Å². The van der Waals surface area contributed by atoms with E-state index in [2.05, 4.69) is 10.6 Å². The van der Waals surface area contributed by atoms with Crippen molar-refractivity contribution in [1.82, 2.24) is 10.6 Å². The minimum absolute atomic E-state index is 0.384. The van der Waals surface area contributed by atoms with E-state index in [1.165, 1.54) is 18.4 Å². The highest BCUT2D eigenvalue weighted by atomic mass is 32.2. The third-order valence-corrected chi connectivity index (χ3v) is 5.19. The van der Waals surface area contributed by atoms with Crippen LogP contribution in [0.3, 0.4) is 0 Å². The first-order valence-electron chi connectivity index (χ1n) is 6.85. The Morgan fingerprint density at radius 1 is 1.09 bits per heavy atom. The number of amides is 3. The van der Waals surface area contributed by atoms with E-state index in [4.69, 9.17) is 0 Å². The van der Waals surface area contributed by atoms with Gasteiger partial charge in [0, 0.05) is 17.2 Å². The number of hydrogen-bond acceptors (Lipinski definition) is 3. The molecule has 2 unspecified atom stereocenters.